The Labute approximate surface area is 378 Å². The molecule has 6 heteroatoms. The van der Waals surface area contributed by atoms with Gasteiger partial charge in [-0.1, -0.05) is 211 Å². The van der Waals surface area contributed by atoms with Gasteiger partial charge in [0.05, 0.1) is 0 Å². The SMILES string of the molecule is CCCCC/C=C\C/C=C\C/C=C\CCCCCCC(=O)O[C@H](COC(=O)CCCCCCC/C=C\CCCCCC)COC(=O)CCCCCCCCCCCCCCC. The van der Waals surface area contributed by atoms with Gasteiger partial charge < -0.3 is 14.2 Å². The second kappa shape index (κ2) is 50.0. The highest BCUT2D eigenvalue weighted by Gasteiger charge is 2.19. The summed E-state index contributed by atoms with van der Waals surface area (Å²) in [5.41, 5.74) is 0. The average molecular weight is 855 g/mol. The van der Waals surface area contributed by atoms with Gasteiger partial charge in [0.15, 0.2) is 6.10 Å². The van der Waals surface area contributed by atoms with Crippen molar-refractivity contribution in [1.29, 1.82) is 0 Å². The van der Waals surface area contributed by atoms with Gasteiger partial charge in [-0.2, -0.15) is 0 Å². The van der Waals surface area contributed by atoms with E-state index in [-0.39, 0.29) is 31.1 Å². The lowest BCUT2D eigenvalue weighted by molar-refractivity contribution is -0.167. The van der Waals surface area contributed by atoms with Gasteiger partial charge in [0.25, 0.3) is 0 Å². The Morgan fingerprint density at radius 3 is 0.984 bits per heavy atom. The first kappa shape index (κ1) is 58.4. The Balaban J connectivity index is 4.42. The van der Waals surface area contributed by atoms with Crippen molar-refractivity contribution in [3.8, 4) is 0 Å². The molecular weight excluding hydrogens is 757 g/mol. The molecule has 0 heterocycles. The van der Waals surface area contributed by atoms with Gasteiger partial charge in [-0.05, 0) is 83.5 Å². The smallest absolute Gasteiger partial charge is 0.306 e. The van der Waals surface area contributed by atoms with Crippen LogP contribution < -0.4 is 0 Å². The third kappa shape index (κ3) is 48.3. The molecule has 0 saturated carbocycles. The topological polar surface area (TPSA) is 78.9 Å². The number of esters is 3. The van der Waals surface area contributed by atoms with Crippen LogP contribution in [0.15, 0.2) is 48.6 Å². The number of hydrogen-bond acceptors (Lipinski definition) is 6. The van der Waals surface area contributed by atoms with Gasteiger partial charge in [-0.25, -0.2) is 0 Å². The summed E-state index contributed by atoms with van der Waals surface area (Å²) >= 11 is 0. The van der Waals surface area contributed by atoms with E-state index in [1.165, 1.54) is 135 Å². The van der Waals surface area contributed by atoms with E-state index in [4.69, 9.17) is 14.2 Å². The molecule has 354 valence electrons. The van der Waals surface area contributed by atoms with Crippen molar-refractivity contribution in [2.45, 2.75) is 271 Å². The first-order valence-electron chi connectivity index (χ1n) is 26.1. The van der Waals surface area contributed by atoms with E-state index in [1.54, 1.807) is 0 Å². The maximum Gasteiger partial charge on any atom is 0.306 e. The Morgan fingerprint density at radius 2 is 0.590 bits per heavy atom. The lowest BCUT2D eigenvalue weighted by atomic mass is 10.0. The number of rotatable bonds is 47. The summed E-state index contributed by atoms with van der Waals surface area (Å²) in [5.74, 6) is -0.906. The van der Waals surface area contributed by atoms with Crippen molar-refractivity contribution in [3.05, 3.63) is 48.6 Å². The van der Waals surface area contributed by atoms with E-state index in [1.807, 2.05) is 0 Å². The highest BCUT2D eigenvalue weighted by atomic mass is 16.6. The standard InChI is InChI=1S/C55H98O6/c1-4-7-10-13-16-19-22-25-26-27-28-31-34-37-40-43-46-49-55(58)61-52(50-59-53(56)47-44-41-38-35-32-29-23-20-17-14-11-8-5-2)51-60-54(57)48-45-42-39-36-33-30-24-21-18-15-12-9-6-3/h16,19-20,23,25-26,28,31,52H,4-15,17-18,21-22,24,27,29-30,32-51H2,1-3H3/b19-16-,23-20-,26-25-,31-28-/t52-/m1/s1. The van der Waals surface area contributed by atoms with Crippen LogP contribution in [0.4, 0.5) is 0 Å². The van der Waals surface area contributed by atoms with Crippen LogP contribution in [-0.4, -0.2) is 37.2 Å². The maximum absolute atomic E-state index is 12.8. The number of hydrogen-bond donors (Lipinski definition) is 0. The van der Waals surface area contributed by atoms with Gasteiger partial charge in [-0.15, -0.1) is 0 Å². The molecule has 0 spiro atoms. The molecule has 0 amide bonds. The fourth-order valence-corrected chi connectivity index (χ4v) is 7.33. The third-order valence-electron chi connectivity index (χ3n) is 11.3. The van der Waals surface area contributed by atoms with Crippen LogP contribution in [0.1, 0.15) is 265 Å². The zero-order valence-electron chi connectivity index (χ0n) is 40.4. The molecule has 0 radical (unpaired) electrons. The van der Waals surface area contributed by atoms with Gasteiger partial charge in [-0.3, -0.25) is 14.4 Å². The lowest BCUT2D eigenvalue weighted by Gasteiger charge is -2.18. The van der Waals surface area contributed by atoms with E-state index < -0.39 is 6.10 Å². The molecule has 0 rings (SSSR count). The van der Waals surface area contributed by atoms with Crippen LogP contribution in [0.2, 0.25) is 0 Å². The fourth-order valence-electron chi connectivity index (χ4n) is 7.33. The van der Waals surface area contributed by atoms with Crippen LogP contribution in [0.5, 0.6) is 0 Å². The Kier molecular flexibility index (Phi) is 47.9. The fraction of sp³-hybridized carbons (Fsp3) is 0.800. The number of ether oxygens (including phenoxy) is 3. The van der Waals surface area contributed by atoms with E-state index in [2.05, 4.69) is 69.4 Å². The summed E-state index contributed by atoms with van der Waals surface area (Å²) in [6.45, 7) is 6.58. The van der Waals surface area contributed by atoms with Crippen molar-refractivity contribution < 1.29 is 28.6 Å². The highest BCUT2D eigenvalue weighted by Crippen LogP contribution is 2.15. The second-order valence-electron chi connectivity index (χ2n) is 17.4. The van der Waals surface area contributed by atoms with Gasteiger partial charge in [0.2, 0.25) is 0 Å². The zero-order chi connectivity index (χ0) is 44.4. The molecule has 0 aliphatic rings. The summed E-state index contributed by atoms with van der Waals surface area (Å²) in [5, 5.41) is 0. The van der Waals surface area contributed by atoms with E-state index in [9.17, 15) is 14.4 Å². The van der Waals surface area contributed by atoms with Crippen molar-refractivity contribution in [1.82, 2.24) is 0 Å². The maximum atomic E-state index is 12.8. The van der Waals surface area contributed by atoms with Gasteiger partial charge >= 0.3 is 17.9 Å². The molecule has 0 aromatic carbocycles. The molecule has 0 saturated heterocycles. The molecule has 6 nitrogen and oxygen atoms in total. The minimum absolute atomic E-state index is 0.0826. The number of allylic oxidation sites excluding steroid dienone is 8. The van der Waals surface area contributed by atoms with Crippen molar-refractivity contribution in [3.63, 3.8) is 0 Å². The number of carbonyl (C=O) groups excluding carboxylic acids is 3. The monoisotopic (exact) mass is 855 g/mol. The number of unbranched alkanes of at least 4 members (excludes halogenated alkanes) is 28. The van der Waals surface area contributed by atoms with Crippen LogP contribution in [0.25, 0.3) is 0 Å². The van der Waals surface area contributed by atoms with Crippen molar-refractivity contribution in [2.24, 2.45) is 0 Å². The van der Waals surface area contributed by atoms with Crippen LogP contribution >= 0.6 is 0 Å². The van der Waals surface area contributed by atoms with E-state index in [0.717, 1.165) is 89.9 Å². The third-order valence-corrected chi connectivity index (χ3v) is 11.3. The van der Waals surface area contributed by atoms with Gasteiger partial charge in [0, 0.05) is 19.3 Å². The molecule has 0 N–H and O–H groups in total. The van der Waals surface area contributed by atoms with Crippen LogP contribution in [0.3, 0.4) is 0 Å². The summed E-state index contributed by atoms with van der Waals surface area (Å²) in [7, 11) is 0. The quantitative estimate of drug-likeness (QED) is 0.0263. The average Bonchev–Trinajstić information content (AvgIpc) is 3.26. The van der Waals surface area contributed by atoms with Crippen LogP contribution in [0, 0.1) is 0 Å². The molecule has 0 aromatic heterocycles. The highest BCUT2D eigenvalue weighted by molar-refractivity contribution is 5.71. The first-order chi connectivity index (χ1) is 30.0. The molecule has 0 aromatic rings. The molecule has 61 heavy (non-hydrogen) atoms. The molecule has 0 unspecified atom stereocenters. The minimum Gasteiger partial charge on any atom is -0.462 e. The largest absolute Gasteiger partial charge is 0.462 e. The van der Waals surface area contributed by atoms with Crippen LogP contribution in [-0.2, 0) is 28.6 Å². The first-order valence-corrected chi connectivity index (χ1v) is 26.1. The second-order valence-corrected chi connectivity index (χ2v) is 17.4. The van der Waals surface area contributed by atoms with E-state index in [0.29, 0.717) is 19.3 Å². The summed E-state index contributed by atoms with van der Waals surface area (Å²) < 4.78 is 16.8. The Morgan fingerprint density at radius 1 is 0.328 bits per heavy atom. The van der Waals surface area contributed by atoms with Crippen molar-refractivity contribution >= 4 is 17.9 Å². The summed E-state index contributed by atoms with van der Waals surface area (Å²) in [6, 6.07) is 0. The normalized spacial score (nSPS) is 12.4. The molecule has 0 aliphatic heterocycles. The summed E-state index contributed by atoms with van der Waals surface area (Å²) in [4.78, 5) is 38.0. The lowest BCUT2D eigenvalue weighted by Crippen LogP contribution is -2.30. The predicted molar refractivity (Wildman–Crippen MR) is 261 cm³/mol. The van der Waals surface area contributed by atoms with E-state index >= 15 is 0 Å². The zero-order valence-corrected chi connectivity index (χ0v) is 40.4. The molecular formula is C55H98O6. The predicted octanol–water partition coefficient (Wildman–Crippen LogP) is 17.1. The number of carbonyl (C=O) groups is 3. The molecule has 0 fully saturated rings. The Hall–Kier alpha value is -2.63. The molecule has 1 atom stereocenters. The van der Waals surface area contributed by atoms with Crippen molar-refractivity contribution in [2.75, 3.05) is 13.2 Å². The molecule has 0 bridgehead atoms. The summed E-state index contributed by atoms with van der Waals surface area (Å²) in [6.07, 6.45) is 59.4. The minimum atomic E-state index is -0.784. The van der Waals surface area contributed by atoms with Gasteiger partial charge in [0.1, 0.15) is 13.2 Å². The Bertz CT molecular complexity index is 1070. The molecule has 0 aliphatic carbocycles.